The van der Waals surface area contributed by atoms with Gasteiger partial charge in [-0.2, -0.15) is 0 Å². The van der Waals surface area contributed by atoms with Crippen LogP contribution < -0.4 is 20.9 Å². The van der Waals surface area contributed by atoms with Crippen LogP contribution in [0.25, 0.3) is 5.95 Å². The highest BCUT2D eigenvalue weighted by molar-refractivity contribution is 5.94. The maximum atomic E-state index is 12.8. The maximum Gasteiger partial charge on any atom is 0.350 e. The van der Waals surface area contributed by atoms with E-state index in [-0.39, 0.29) is 17.7 Å². The standard InChI is InChI=1S/C25H25N7O3.C2H4O2/c1-34-20-14-18(13-17-4-2-11-35-21(17)20)19(12-15-5-7-16(8-6-15)22(26)27)23-30-25(33)32(31-23)24-28-9-3-10-29-24;1-2(3)4/h3,5-10,13-14,19H,2,4,11-12H2,1H3,(H3,26,27)(H,30,31,33);1H3,(H,3,4). The second-order valence-electron chi connectivity index (χ2n) is 8.83. The van der Waals surface area contributed by atoms with Crippen LogP contribution in [-0.4, -0.2) is 55.4 Å². The van der Waals surface area contributed by atoms with Crippen molar-refractivity contribution < 1.29 is 19.4 Å². The largest absolute Gasteiger partial charge is 0.493 e. The zero-order chi connectivity index (χ0) is 27.9. The molecule has 1 aliphatic heterocycles. The Morgan fingerprint density at radius 1 is 1.26 bits per heavy atom. The van der Waals surface area contributed by atoms with Crippen LogP contribution in [0.5, 0.6) is 11.5 Å². The molecule has 4 aromatic rings. The molecule has 0 saturated carbocycles. The van der Waals surface area contributed by atoms with Crippen molar-refractivity contribution in [2.24, 2.45) is 5.73 Å². The minimum absolute atomic E-state index is 0.0125. The molecular formula is C27H29N7O5. The highest BCUT2D eigenvalue weighted by Gasteiger charge is 2.25. The van der Waals surface area contributed by atoms with Crippen LogP contribution in [0.4, 0.5) is 0 Å². The molecule has 12 heteroatoms. The molecule has 1 atom stereocenters. The fraction of sp³-hybridized carbons (Fsp3) is 0.259. The van der Waals surface area contributed by atoms with Gasteiger partial charge in [0.15, 0.2) is 11.5 Å². The van der Waals surface area contributed by atoms with Crippen LogP contribution in [0.1, 0.15) is 47.3 Å². The number of carbonyl (C=O) groups is 1. The van der Waals surface area contributed by atoms with Gasteiger partial charge in [0.1, 0.15) is 11.7 Å². The summed E-state index contributed by atoms with van der Waals surface area (Å²) in [6.45, 7) is 1.74. The molecule has 1 unspecified atom stereocenters. The molecule has 0 aliphatic carbocycles. The van der Waals surface area contributed by atoms with Gasteiger partial charge in [-0.1, -0.05) is 30.3 Å². The number of carboxylic acids is 1. The van der Waals surface area contributed by atoms with E-state index in [0.29, 0.717) is 30.2 Å². The topological polar surface area (TPSA) is 182 Å². The number of carboxylic acid groups (broad SMARTS) is 1. The third-order valence-corrected chi connectivity index (χ3v) is 6.02. The number of aromatic nitrogens is 5. The summed E-state index contributed by atoms with van der Waals surface area (Å²) in [5, 5.41) is 19.6. The molecule has 5 rings (SSSR count). The maximum absolute atomic E-state index is 12.8. The van der Waals surface area contributed by atoms with Gasteiger partial charge in [0.2, 0.25) is 0 Å². The smallest absolute Gasteiger partial charge is 0.350 e. The van der Waals surface area contributed by atoms with Crippen LogP contribution >= 0.6 is 0 Å². The molecule has 0 saturated heterocycles. The third-order valence-electron chi connectivity index (χ3n) is 6.02. The van der Waals surface area contributed by atoms with Gasteiger partial charge in [-0.25, -0.2) is 14.8 Å². The molecule has 1 aliphatic rings. The lowest BCUT2D eigenvalue weighted by Gasteiger charge is -2.23. The van der Waals surface area contributed by atoms with E-state index in [2.05, 4.69) is 26.1 Å². The van der Waals surface area contributed by atoms with E-state index in [9.17, 15) is 4.79 Å². The molecule has 0 amide bonds. The lowest BCUT2D eigenvalue weighted by Crippen LogP contribution is -2.18. The fourth-order valence-electron chi connectivity index (χ4n) is 4.28. The molecule has 0 fully saturated rings. The van der Waals surface area contributed by atoms with Crippen molar-refractivity contribution in [3.8, 4) is 17.4 Å². The second kappa shape index (κ2) is 12.0. The molecule has 3 heterocycles. The summed E-state index contributed by atoms with van der Waals surface area (Å²) in [7, 11) is 1.62. The number of aliphatic carboxylic acids is 1. The third kappa shape index (κ3) is 6.47. The first-order chi connectivity index (χ1) is 18.8. The van der Waals surface area contributed by atoms with Gasteiger partial charge < -0.3 is 20.3 Å². The van der Waals surface area contributed by atoms with Crippen LogP contribution in [0.15, 0.2) is 59.7 Å². The first-order valence-corrected chi connectivity index (χ1v) is 12.2. The SMILES string of the molecule is CC(=O)O.COc1cc(C(Cc2ccc(C(=N)N)cc2)c2nn(-c3ncccn3)c(=O)[nH]2)cc2c1OCCC2. The lowest BCUT2D eigenvalue weighted by molar-refractivity contribution is -0.134. The van der Waals surface area contributed by atoms with Gasteiger partial charge in [-0.3, -0.25) is 15.2 Å². The summed E-state index contributed by atoms with van der Waals surface area (Å²) in [5.41, 5.74) is 8.85. The predicted molar refractivity (Wildman–Crippen MR) is 143 cm³/mol. The summed E-state index contributed by atoms with van der Waals surface area (Å²) in [6.07, 6.45) is 5.47. The normalized spacial score (nSPS) is 12.8. The van der Waals surface area contributed by atoms with Gasteiger partial charge in [-0.15, -0.1) is 9.78 Å². The highest BCUT2D eigenvalue weighted by atomic mass is 16.5. The Hall–Kier alpha value is -5.00. The molecule has 0 radical (unpaired) electrons. The first kappa shape index (κ1) is 27.0. The van der Waals surface area contributed by atoms with Crippen LogP contribution in [0.3, 0.4) is 0 Å². The molecule has 2 aromatic carbocycles. The number of hydrogen-bond donors (Lipinski definition) is 4. The Kier molecular flexibility index (Phi) is 8.34. The summed E-state index contributed by atoms with van der Waals surface area (Å²) in [4.78, 5) is 33.0. The highest BCUT2D eigenvalue weighted by Crippen LogP contribution is 2.39. The number of ether oxygens (including phenoxy) is 2. The van der Waals surface area contributed by atoms with Gasteiger partial charge in [0.05, 0.1) is 13.7 Å². The molecule has 5 N–H and O–H groups in total. The van der Waals surface area contributed by atoms with Crippen molar-refractivity contribution in [2.45, 2.75) is 32.1 Å². The number of rotatable bonds is 7. The van der Waals surface area contributed by atoms with E-state index in [1.54, 1.807) is 25.6 Å². The van der Waals surface area contributed by atoms with Crippen molar-refractivity contribution in [1.29, 1.82) is 5.41 Å². The summed E-state index contributed by atoms with van der Waals surface area (Å²) >= 11 is 0. The van der Waals surface area contributed by atoms with E-state index in [1.165, 1.54) is 4.68 Å². The number of aromatic amines is 1. The van der Waals surface area contributed by atoms with Crippen molar-refractivity contribution >= 4 is 11.8 Å². The molecular weight excluding hydrogens is 502 g/mol. The molecule has 2 aromatic heterocycles. The molecule has 0 spiro atoms. The number of H-pyrrole nitrogens is 1. The Morgan fingerprint density at radius 3 is 2.59 bits per heavy atom. The van der Waals surface area contributed by atoms with Gasteiger partial charge in [-0.05, 0) is 48.1 Å². The Morgan fingerprint density at radius 2 is 1.95 bits per heavy atom. The Labute approximate surface area is 224 Å². The second-order valence-corrected chi connectivity index (χ2v) is 8.83. The number of fused-ring (bicyclic) bond motifs is 1. The Bertz CT molecular complexity index is 1490. The van der Waals surface area contributed by atoms with Crippen LogP contribution in [-0.2, 0) is 17.6 Å². The minimum atomic E-state index is -0.833. The number of benzene rings is 2. The number of methoxy groups -OCH3 is 1. The van der Waals surface area contributed by atoms with Crippen molar-refractivity contribution in [3.63, 3.8) is 0 Å². The number of nitrogens with zero attached hydrogens (tertiary/aromatic N) is 4. The fourth-order valence-corrected chi connectivity index (χ4v) is 4.28. The number of amidine groups is 1. The number of nitrogens with one attached hydrogen (secondary N) is 2. The van der Waals surface area contributed by atoms with Crippen LogP contribution in [0.2, 0.25) is 0 Å². The zero-order valence-corrected chi connectivity index (χ0v) is 21.5. The minimum Gasteiger partial charge on any atom is -0.493 e. The quantitative estimate of drug-likeness (QED) is 0.205. The molecule has 0 bridgehead atoms. The van der Waals surface area contributed by atoms with E-state index in [4.69, 9.17) is 30.5 Å². The number of nitrogen functional groups attached to an aromatic ring is 1. The number of aryl methyl sites for hydroxylation is 1. The average Bonchev–Trinajstić information content (AvgIpc) is 3.32. The molecule has 202 valence electrons. The first-order valence-electron chi connectivity index (χ1n) is 12.2. The molecule has 12 nitrogen and oxygen atoms in total. The van der Waals surface area contributed by atoms with E-state index < -0.39 is 11.7 Å². The van der Waals surface area contributed by atoms with E-state index >= 15 is 0 Å². The van der Waals surface area contributed by atoms with Crippen molar-refractivity contribution in [3.05, 3.63) is 93.4 Å². The predicted octanol–water partition coefficient (Wildman–Crippen LogP) is 2.43. The van der Waals surface area contributed by atoms with E-state index in [1.807, 2.05) is 30.3 Å². The van der Waals surface area contributed by atoms with E-state index in [0.717, 1.165) is 42.2 Å². The summed E-state index contributed by atoms with van der Waals surface area (Å²) in [5.74, 6) is 0.985. The number of hydrogen-bond acceptors (Lipinski definition) is 8. The number of nitrogens with two attached hydrogens (primary N) is 1. The summed E-state index contributed by atoms with van der Waals surface area (Å²) in [6, 6.07) is 13.2. The van der Waals surface area contributed by atoms with Gasteiger partial charge >= 0.3 is 5.69 Å². The van der Waals surface area contributed by atoms with Crippen LogP contribution in [0, 0.1) is 5.41 Å². The monoisotopic (exact) mass is 531 g/mol. The zero-order valence-electron chi connectivity index (χ0n) is 21.5. The van der Waals surface area contributed by atoms with Crippen molar-refractivity contribution in [1.82, 2.24) is 24.7 Å². The summed E-state index contributed by atoms with van der Waals surface area (Å²) < 4.78 is 12.7. The molecule has 39 heavy (non-hydrogen) atoms. The van der Waals surface area contributed by atoms with Gasteiger partial charge in [0.25, 0.3) is 11.9 Å². The van der Waals surface area contributed by atoms with Gasteiger partial charge in [0, 0.05) is 30.8 Å². The lowest BCUT2D eigenvalue weighted by atomic mass is 9.88. The average molecular weight is 532 g/mol. The Balaban J connectivity index is 0.000000826. The van der Waals surface area contributed by atoms with Crippen molar-refractivity contribution in [2.75, 3.05) is 13.7 Å².